The zero-order valence-electron chi connectivity index (χ0n) is 7.62. The summed E-state index contributed by atoms with van der Waals surface area (Å²) in [6.07, 6.45) is 3.46. The molecule has 0 heterocycles. The van der Waals surface area contributed by atoms with E-state index in [1.807, 2.05) is 0 Å². The molecule has 6 heteroatoms. The van der Waals surface area contributed by atoms with Crippen LogP contribution >= 0.6 is 24.4 Å². The number of hydrogen-bond donors (Lipinski definition) is 4. The molecule has 78 valence electrons. The van der Waals surface area contributed by atoms with Crippen LogP contribution in [0.1, 0.15) is 26.2 Å². The lowest BCUT2D eigenvalue weighted by atomic mass is 10.2. The van der Waals surface area contributed by atoms with Gasteiger partial charge in [0.25, 0.3) is 10.3 Å². The molecule has 0 aliphatic heterocycles. The van der Waals surface area contributed by atoms with Crippen molar-refractivity contribution in [3.05, 3.63) is 0 Å². The van der Waals surface area contributed by atoms with Crippen molar-refractivity contribution in [3.63, 3.8) is 0 Å². The van der Waals surface area contributed by atoms with E-state index in [0.29, 0.717) is 0 Å². The molecule has 0 unspecified atom stereocenters. The second kappa shape index (κ2) is 11.4. The van der Waals surface area contributed by atoms with Gasteiger partial charge in [-0.2, -0.15) is 0 Å². The Morgan fingerprint density at radius 1 is 1.31 bits per heavy atom. The van der Waals surface area contributed by atoms with Gasteiger partial charge in [-0.05, 0) is 30.9 Å². The summed E-state index contributed by atoms with van der Waals surface area (Å²) < 4.78 is 0. The predicted octanol–water partition coefficient (Wildman–Crippen LogP) is 1.40. The molecular weight excluding hydrogens is 208 g/mol. The monoisotopic (exact) mass is 224 g/mol. The maximum atomic E-state index is 8.47. The quantitative estimate of drug-likeness (QED) is 0.427. The van der Waals surface area contributed by atoms with E-state index < -0.39 is 5.17 Å². The summed E-state index contributed by atoms with van der Waals surface area (Å²) in [4.78, 5) is 0. The van der Waals surface area contributed by atoms with Gasteiger partial charge in [-0.3, -0.25) is 0 Å². The molecule has 0 aromatic heterocycles. The van der Waals surface area contributed by atoms with E-state index in [1.54, 1.807) is 0 Å². The number of nitrogens with one attached hydrogen (secondary N) is 1. The van der Waals surface area contributed by atoms with E-state index >= 15 is 0 Å². The van der Waals surface area contributed by atoms with Gasteiger partial charge in [0.1, 0.15) is 0 Å². The van der Waals surface area contributed by atoms with Crippen LogP contribution in [0, 0.1) is 0 Å². The van der Waals surface area contributed by atoms with Crippen LogP contribution in [0.5, 0.6) is 0 Å². The first kappa shape index (κ1) is 14.9. The number of aliphatic hydroxyl groups excluding tert-OH is 2. The molecule has 0 amide bonds. The Hall–Kier alpha value is -0.620. The third-order valence-electron chi connectivity index (χ3n) is 1.06. The maximum absolute atomic E-state index is 8.47. The van der Waals surface area contributed by atoms with Crippen LogP contribution in [0.25, 0.3) is 0 Å². The summed E-state index contributed by atoms with van der Waals surface area (Å²) >= 11 is 8.26. The summed E-state index contributed by atoms with van der Waals surface area (Å²) in [5.41, 5.74) is 4.40. The predicted molar refractivity (Wildman–Crippen MR) is 62.2 cm³/mol. The van der Waals surface area contributed by atoms with E-state index in [4.69, 9.17) is 10.2 Å². The lowest BCUT2D eigenvalue weighted by Gasteiger charge is -1.99. The number of hydrogen-bond acceptors (Lipinski definition) is 2. The minimum atomic E-state index is -0.500. The van der Waals surface area contributed by atoms with Gasteiger partial charge in [-0.25, -0.2) is 0 Å². The van der Waals surface area contributed by atoms with Gasteiger partial charge in [0.2, 0.25) is 0 Å². The van der Waals surface area contributed by atoms with Gasteiger partial charge in [0.15, 0.2) is 0 Å². The van der Waals surface area contributed by atoms with E-state index in [-0.39, 0.29) is 5.17 Å². The van der Waals surface area contributed by atoms with Crippen LogP contribution in [0.15, 0.2) is 0 Å². The minimum Gasteiger partial charge on any atom is -0.487 e. The van der Waals surface area contributed by atoms with Gasteiger partial charge < -0.3 is 21.3 Å². The van der Waals surface area contributed by atoms with Crippen LogP contribution in [0.3, 0.4) is 0 Å². The molecule has 0 spiro atoms. The van der Waals surface area contributed by atoms with Crippen molar-refractivity contribution in [2.24, 2.45) is 5.73 Å². The zero-order chi connectivity index (χ0) is 10.7. The molecule has 0 fully saturated rings. The van der Waals surface area contributed by atoms with Crippen LogP contribution in [-0.2, 0) is 0 Å². The summed E-state index contributed by atoms with van der Waals surface area (Å²) in [5, 5.41) is 18.1. The number of nitrogens with two attached hydrogens (primary N) is 1. The van der Waals surface area contributed by atoms with Crippen LogP contribution in [0.2, 0.25) is 0 Å². The van der Waals surface area contributed by atoms with E-state index in [0.717, 1.165) is 13.0 Å². The van der Waals surface area contributed by atoms with E-state index in [2.05, 4.69) is 42.4 Å². The summed E-state index contributed by atoms with van der Waals surface area (Å²) in [5.74, 6) is 0. The molecule has 0 atom stereocenters. The molecule has 0 aliphatic rings. The molecule has 0 rings (SSSR count). The number of rotatable bonds is 4. The van der Waals surface area contributed by atoms with Gasteiger partial charge in [-0.1, -0.05) is 19.8 Å². The number of thiocarbonyl (C=S) groups is 2. The number of aliphatic hydroxyl groups is 2. The Morgan fingerprint density at radius 2 is 1.77 bits per heavy atom. The standard InChI is InChI=1S/C6H13NOS.CH3NOS/c1-2-3-4-5-7-6(8)9;2-1(3)4/h2-5H2,1H3,(H2,7,8,9);(H3,2,3,4). The molecule has 4 nitrogen and oxygen atoms in total. The summed E-state index contributed by atoms with van der Waals surface area (Å²) in [6.45, 7) is 2.93. The fourth-order valence-electron chi connectivity index (χ4n) is 0.570. The second-order valence-electron chi connectivity index (χ2n) is 2.28. The molecule has 0 saturated heterocycles. The average Bonchev–Trinajstić information content (AvgIpc) is 1.97. The Morgan fingerprint density at radius 3 is 2.08 bits per heavy atom. The minimum absolute atomic E-state index is 0.0916. The second-order valence-corrected chi connectivity index (χ2v) is 3.08. The lowest BCUT2D eigenvalue weighted by Crippen LogP contribution is -2.21. The molecular formula is C7H16N2O2S2. The highest BCUT2D eigenvalue weighted by Crippen LogP contribution is 1.90. The molecule has 13 heavy (non-hydrogen) atoms. The maximum Gasteiger partial charge on any atom is 0.254 e. The summed E-state index contributed by atoms with van der Waals surface area (Å²) in [6, 6.07) is 0. The summed E-state index contributed by atoms with van der Waals surface area (Å²) in [7, 11) is 0. The molecule has 0 bridgehead atoms. The van der Waals surface area contributed by atoms with Crippen molar-refractivity contribution >= 4 is 34.8 Å². The largest absolute Gasteiger partial charge is 0.487 e. The molecule has 0 aromatic carbocycles. The normalized spacial score (nSPS) is 8.08. The topological polar surface area (TPSA) is 78.5 Å². The Bertz CT molecular complexity index is 149. The van der Waals surface area contributed by atoms with Crippen molar-refractivity contribution < 1.29 is 10.2 Å². The highest BCUT2D eigenvalue weighted by atomic mass is 32.1. The van der Waals surface area contributed by atoms with Gasteiger partial charge in [0.05, 0.1) is 0 Å². The zero-order valence-corrected chi connectivity index (χ0v) is 9.25. The smallest absolute Gasteiger partial charge is 0.254 e. The van der Waals surface area contributed by atoms with Crippen molar-refractivity contribution in [1.82, 2.24) is 5.32 Å². The first-order valence-corrected chi connectivity index (χ1v) is 4.77. The Labute approximate surface area is 89.1 Å². The van der Waals surface area contributed by atoms with Crippen molar-refractivity contribution in [2.45, 2.75) is 26.2 Å². The van der Waals surface area contributed by atoms with Crippen LogP contribution in [0.4, 0.5) is 0 Å². The molecule has 0 radical (unpaired) electrons. The fraction of sp³-hybridized carbons (Fsp3) is 0.714. The van der Waals surface area contributed by atoms with Crippen LogP contribution in [-0.4, -0.2) is 27.1 Å². The highest BCUT2D eigenvalue weighted by Gasteiger charge is 1.87. The first-order chi connectivity index (χ1) is 6.00. The lowest BCUT2D eigenvalue weighted by molar-refractivity contribution is 0.525. The SMILES string of the molecule is CCCCCNC(O)=S.NC(O)=S. The highest BCUT2D eigenvalue weighted by molar-refractivity contribution is 7.80. The molecule has 0 saturated carbocycles. The fourth-order valence-corrected chi connectivity index (χ4v) is 0.672. The third-order valence-corrected chi connectivity index (χ3v) is 1.20. The molecule has 0 aliphatic carbocycles. The van der Waals surface area contributed by atoms with E-state index in [9.17, 15) is 0 Å². The Balaban J connectivity index is 0. The Kier molecular flexibility index (Phi) is 13.0. The van der Waals surface area contributed by atoms with E-state index in [1.165, 1.54) is 12.8 Å². The molecule has 0 aromatic rings. The van der Waals surface area contributed by atoms with Crippen molar-refractivity contribution in [3.8, 4) is 0 Å². The first-order valence-electron chi connectivity index (χ1n) is 3.95. The van der Waals surface area contributed by atoms with Gasteiger partial charge >= 0.3 is 0 Å². The number of unbranched alkanes of at least 4 members (excludes halogenated alkanes) is 2. The van der Waals surface area contributed by atoms with Gasteiger partial charge in [0, 0.05) is 6.54 Å². The molecule has 5 N–H and O–H groups in total. The third kappa shape index (κ3) is 34.6. The average molecular weight is 224 g/mol. The van der Waals surface area contributed by atoms with Gasteiger partial charge in [-0.15, -0.1) is 0 Å². The van der Waals surface area contributed by atoms with Crippen LogP contribution < -0.4 is 11.1 Å². The van der Waals surface area contributed by atoms with Crippen molar-refractivity contribution in [2.75, 3.05) is 6.54 Å². The van der Waals surface area contributed by atoms with Crippen molar-refractivity contribution in [1.29, 1.82) is 0 Å².